The molecule has 0 aliphatic carbocycles. The quantitative estimate of drug-likeness (QED) is 0.404. The van der Waals surface area contributed by atoms with E-state index in [2.05, 4.69) is 32.4 Å². The summed E-state index contributed by atoms with van der Waals surface area (Å²) in [6, 6.07) is 16.0. The summed E-state index contributed by atoms with van der Waals surface area (Å²) in [5.74, 6) is 1.57. The van der Waals surface area contributed by atoms with Gasteiger partial charge in [0.1, 0.15) is 5.75 Å². The summed E-state index contributed by atoms with van der Waals surface area (Å²) >= 11 is 5.36. The predicted octanol–water partition coefficient (Wildman–Crippen LogP) is 4.21. The summed E-state index contributed by atoms with van der Waals surface area (Å²) in [6.45, 7) is 2.04. The summed E-state index contributed by atoms with van der Waals surface area (Å²) in [7, 11) is 1.65. The summed E-state index contributed by atoms with van der Waals surface area (Å²) in [5.41, 5.74) is 4.30. The van der Waals surface area contributed by atoms with Gasteiger partial charge in [-0.05, 0) is 42.9 Å². The molecule has 4 aromatic rings. The van der Waals surface area contributed by atoms with Crippen LogP contribution in [0.1, 0.15) is 22.6 Å². The number of hydrogen-bond donors (Lipinski definition) is 2. The number of hydrogen-bond acceptors (Lipinski definition) is 4. The van der Waals surface area contributed by atoms with Crippen LogP contribution in [0.2, 0.25) is 0 Å². The molecule has 0 radical (unpaired) electrons. The van der Waals surface area contributed by atoms with Crippen molar-refractivity contribution in [2.75, 3.05) is 7.11 Å². The van der Waals surface area contributed by atoms with Crippen molar-refractivity contribution in [1.29, 1.82) is 0 Å². The minimum atomic E-state index is 0.465. The standard InChI is InChI=1S/C20H19N5OS/c1-13-17(16-5-3-4-6-18(16)22-13)12-21-25-19(23-24-20(25)27)11-14-7-9-15(26-2)10-8-14/h3-10,12,22H,11H2,1-2H3,(H,24,27)/b21-12+. The molecule has 0 unspecified atom stereocenters. The molecular weight excluding hydrogens is 358 g/mol. The number of nitrogens with one attached hydrogen (secondary N) is 2. The molecule has 0 saturated carbocycles. The molecule has 0 aliphatic heterocycles. The molecule has 0 atom stereocenters. The van der Waals surface area contributed by atoms with Crippen LogP contribution in [-0.4, -0.2) is 33.2 Å². The number of fused-ring (bicyclic) bond motifs is 1. The number of rotatable bonds is 5. The Morgan fingerprint density at radius 2 is 1.96 bits per heavy atom. The van der Waals surface area contributed by atoms with Crippen LogP contribution in [0.25, 0.3) is 10.9 Å². The summed E-state index contributed by atoms with van der Waals surface area (Å²) in [6.07, 6.45) is 2.44. The van der Waals surface area contributed by atoms with E-state index in [0.29, 0.717) is 11.2 Å². The van der Waals surface area contributed by atoms with Gasteiger partial charge in [-0.3, -0.25) is 5.10 Å². The number of methoxy groups -OCH3 is 1. The molecule has 2 aromatic carbocycles. The van der Waals surface area contributed by atoms with E-state index in [9.17, 15) is 0 Å². The van der Waals surface area contributed by atoms with Gasteiger partial charge in [-0.1, -0.05) is 30.3 Å². The lowest BCUT2D eigenvalue weighted by Gasteiger charge is -2.03. The first-order chi connectivity index (χ1) is 13.2. The summed E-state index contributed by atoms with van der Waals surface area (Å²) < 4.78 is 7.34. The zero-order valence-electron chi connectivity index (χ0n) is 15.1. The van der Waals surface area contributed by atoms with Crippen LogP contribution in [0.5, 0.6) is 5.75 Å². The molecule has 0 aliphatic rings. The van der Waals surface area contributed by atoms with Gasteiger partial charge in [-0.2, -0.15) is 14.9 Å². The lowest BCUT2D eigenvalue weighted by Crippen LogP contribution is -2.00. The van der Waals surface area contributed by atoms with Crippen LogP contribution in [-0.2, 0) is 6.42 Å². The van der Waals surface area contributed by atoms with Crippen molar-refractivity contribution in [1.82, 2.24) is 19.9 Å². The van der Waals surface area contributed by atoms with Crippen molar-refractivity contribution in [2.45, 2.75) is 13.3 Å². The lowest BCUT2D eigenvalue weighted by atomic mass is 10.1. The van der Waals surface area contributed by atoms with Gasteiger partial charge >= 0.3 is 0 Å². The molecule has 4 rings (SSSR count). The highest BCUT2D eigenvalue weighted by molar-refractivity contribution is 7.71. The average molecular weight is 377 g/mol. The molecule has 0 spiro atoms. The first kappa shape index (κ1) is 17.2. The number of aryl methyl sites for hydroxylation is 1. The molecule has 2 aromatic heterocycles. The minimum Gasteiger partial charge on any atom is -0.497 e. The van der Waals surface area contributed by atoms with E-state index in [4.69, 9.17) is 17.0 Å². The monoisotopic (exact) mass is 377 g/mol. The number of H-pyrrole nitrogens is 2. The maximum absolute atomic E-state index is 5.36. The van der Waals surface area contributed by atoms with E-state index < -0.39 is 0 Å². The molecule has 136 valence electrons. The number of benzene rings is 2. The lowest BCUT2D eigenvalue weighted by molar-refractivity contribution is 0.414. The summed E-state index contributed by atoms with van der Waals surface area (Å²) in [5, 5.41) is 12.9. The maximum Gasteiger partial charge on any atom is 0.216 e. The molecule has 0 bridgehead atoms. The molecule has 0 saturated heterocycles. The van der Waals surface area contributed by atoms with Crippen LogP contribution in [0.4, 0.5) is 0 Å². The van der Waals surface area contributed by atoms with Crippen molar-refractivity contribution in [2.24, 2.45) is 5.10 Å². The topological polar surface area (TPSA) is 71.0 Å². The largest absolute Gasteiger partial charge is 0.497 e. The van der Waals surface area contributed by atoms with Crippen LogP contribution in [0.15, 0.2) is 53.6 Å². The number of nitrogens with zero attached hydrogens (tertiary/aromatic N) is 3. The third kappa shape index (κ3) is 3.41. The number of aromatic nitrogens is 4. The molecule has 0 amide bonds. The van der Waals surface area contributed by atoms with E-state index in [1.54, 1.807) is 11.8 Å². The van der Waals surface area contributed by atoms with E-state index in [0.717, 1.165) is 39.3 Å². The number of ether oxygens (including phenoxy) is 1. The fraction of sp³-hybridized carbons (Fsp3) is 0.150. The molecular formula is C20H19N5OS. The molecule has 2 N–H and O–H groups in total. The Bertz CT molecular complexity index is 1170. The first-order valence-electron chi connectivity index (χ1n) is 8.56. The normalized spacial score (nSPS) is 11.5. The Morgan fingerprint density at radius 1 is 1.19 bits per heavy atom. The average Bonchev–Trinajstić information content (AvgIpc) is 3.19. The highest BCUT2D eigenvalue weighted by Gasteiger charge is 2.09. The van der Waals surface area contributed by atoms with Gasteiger partial charge in [0.15, 0.2) is 5.82 Å². The Morgan fingerprint density at radius 3 is 2.74 bits per heavy atom. The van der Waals surface area contributed by atoms with Crippen molar-refractivity contribution in [3.8, 4) is 5.75 Å². The zero-order valence-corrected chi connectivity index (χ0v) is 15.9. The Hall–Kier alpha value is -3.19. The smallest absolute Gasteiger partial charge is 0.216 e. The first-order valence-corrected chi connectivity index (χ1v) is 8.97. The zero-order chi connectivity index (χ0) is 18.8. The van der Waals surface area contributed by atoms with Crippen LogP contribution >= 0.6 is 12.2 Å². The van der Waals surface area contributed by atoms with Gasteiger partial charge in [0.25, 0.3) is 0 Å². The van der Waals surface area contributed by atoms with Gasteiger partial charge in [0, 0.05) is 28.6 Å². The minimum absolute atomic E-state index is 0.465. The fourth-order valence-electron chi connectivity index (χ4n) is 3.06. The van der Waals surface area contributed by atoms with Crippen molar-refractivity contribution in [3.63, 3.8) is 0 Å². The highest BCUT2D eigenvalue weighted by atomic mass is 32.1. The second-order valence-electron chi connectivity index (χ2n) is 6.24. The van der Waals surface area contributed by atoms with Gasteiger partial charge in [-0.15, -0.1) is 0 Å². The van der Waals surface area contributed by atoms with E-state index >= 15 is 0 Å². The predicted molar refractivity (Wildman–Crippen MR) is 109 cm³/mol. The van der Waals surface area contributed by atoms with Crippen LogP contribution < -0.4 is 4.74 Å². The molecule has 7 heteroatoms. The van der Waals surface area contributed by atoms with E-state index in [1.165, 1.54) is 0 Å². The van der Waals surface area contributed by atoms with Crippen LogP contribution in [0, 0.1) is 11.7 Å². The van der Waals surface area contributed by atoms with Crippen molar-refractivity contribution < 1.29 is 4.74 Å². The van der Waals surface area contributed by atoms with Crippen molar-refractivity contribution in [3.05, 3.63) is 75.9 Å². The Kier molecular flexibility index (Phi) is 4.60. The number of aromatic amines is 2. The highest BCUT2D eigenvalue weighted by Crippen LogP contribution is 2.20. The van der Waals surface area contributed by atoms with Gasteiger partial charge in [0.05, 0.1) is 13.3 Å². The van der Waals surface area contributed by atoms with E-state index in [1.807, 2.05) is 49.5 Å². The molecule has 6 nitrogen and oxygen atoms in total. The second-order valence-corrected chi connectivity index (χ2v) is 6.62. The van der Waals surface area contributed by atoms with E-state index in [-0.39, 0.29) is 0 Å². The Balaban J connectivity index is 1.66. The molecule has 0 fully saturated rings. The van der Waals surface area contributed by atoms with Gasteiger partial charge in [-0.25, -0.2) is 0 Å². The third-order valence-corrected chi connectivity index (χ3v) is 4.75. The number of para-hydroxylation sites is 1. The van der Waals surface area contributed by atoms with Gasteiger partial charge < -0.3 is 9.72 Å². The SMILES string of the molecule is COc1ccc(Cc2n[nH]c(=S)n2/N=C/c2c(C)[nH]c3ccccc23)cc1. The molecule has 2 heterocycles. The molecule has 27 heavy (non-hydrogen) atoms. The third-order valence-electron chi connectivity index (χ3n) is 4.48. The Labute approximate surface area is 161 Å². The van der Waals surface area contributed by atoms with Gasteiger partial charge in [0.2, 0.25) is 4.77 Å². The van der Waals surface area contributed by atoms with Crippen molar-refractivity contribution >= 4 is 29.3 Å². The summed E-state index contributed by atoms with van der Waals surface area (Å²) in [4.78, 5) is 3.38. The maximum atomic E-state index is 5.36. The van der Waals surface area contributed by atoms with Crippen LogP contribution in [0.3, 0.4) is 0 Å². The fourth-order valence-corrected chi connectivity index (χ4v) is 3.26. The second kappa shape index (κ2) is 7.20.